The molecular weight excluding hydrogens is 200 g/mol. The maximum absolute atomic E-state index is 3.17. The van der Waals surface area contributed by atoms with Gasteiger partial charge in [0.1, 0.15) is 0 Å². The SMILES string of the molecule is CC#CC(C)SCc1c(C)cccc1C. The first-order valence-corrected chi connectivity index (χ1v) is 6.29. The van der Waals surface area contributed by atoms with Crippen LogP contribution in [0.1, 0.15) is 30.5 Å². The van der Waals surface area contributed by atoms with Gasteiger partial charge in [0.25, 0.3) is 0 Å². The molecule has 0 heterocycles. The molecule has 1 aromatic carbocycles. The van der Waals surface area contributed by atoms with Crippen molar-refractivity contribution in [1.29, 1.82) is 0 Å². The molecule has 0 aromatic heterocycles. The average Bonchev–Trinajstić information content (AvgIpc) is 2.17. The van der Waals surface area contributed by atoms with Gasteiger partial charge >= 0.3 is 0 Å². The Morgan fingerprint density at radius 2 is 1.87 bits per heavy atom. The highest BCUT2D eigenvalue weighted by Gasteiger charge is 2.04. The van der Waals surface area contributed by atoms with Crippen molar-refractivity contribution >= 4 is 11.8 Å². The molecule has 0 spiro atoms. The highest BCUT2D eigenvalue weighted by atomic mass is 32.2. The van der Waals surface area contributed by atoms with Crippen molar-refractivity contribution < 1.29 is 0 Å². The Morgan fingerprint density at radius 1 is 1.27 bits per heavy atom. The molecule has 0 bridgehead atoms. The third-order valence-corrected chi connectivity index (χ3v) is 3.54. The molecule has 80 valence electrons. The van der Waals surface area contributed by atoms with Crippen LogP contribution < -0.4 is 0 Å². The van der Waals surface area contributed by atoms with Crippen LogP contribution in [0.4, 0.5) is 0 Å². The van der Waals surface area contributed by atoms with Gasteiger partial charge in [-0.2, -0.15) is 0 Å². The average molecular weight is 218 g/mol. The molecule has 15 heavy (non-hydrogen) atoms. The van der Waals surface area contributed by atoms with Gasteiger partial charge in [-0.05, 0) is 44.4 Å². The number of rotatable bonds is 3. The second-order valence-electron chi connectivity index (χ2n) is 3.72. The zero-order valence-electron chi connectivity index (χ0n) is 9.92. The molecule has 1 heteroatoms. The molecule has 0 N–H and O–H groups in total. The first kappa shape index (κ1) is 12.2. The molecular formula is C14H18S. The topological polar surface area (TPSA) is 0 Å². The number of benzene rings is 1. The molecule has 0 amide bonds. The fourth-order valence-corrected chi connectivity index (χ4v) is 2.60. The second kappa shape index (κ2) is 5.88. The third-order valence-electron chi connectivity index (χ3n) is 2.47. The molecule has 0 saturated carbocycles. The van der Waals surface area contributed by atoms with E-state index in [2.05, 4.69) is 50.8 Å². The highest BCUT2D eigenvalue weighted by Crippen LogP contribution is 2.22. The molecule has 1 rings (SSSR count). The van der Waals surface area contributed by atoms with Crippen LogP contribution in [0.15, 0.2) is 18.2 Å². The second-order valence-corrected chi connectivity index (χ2v) is 5.05. The summed E-state index contributed by atoms with van der Waals surface area (Å²) < 4.78 is 0. The van der Waals surface area contributed by atoms with Crippen LogP contribution in [-0.4, -0.2) is 5.25 Å². The van der Waals surface area contributed by atoms with Crippen LogP contribution in [0.5, 0.6) is 0 Å². The molecule has 0 aliphatic carbocycles. The van der Waals surface area contributed by atoms with E-state index in [0.29, 0.717) is 5.25 Å². The van der Waals surface area contributed by atoms with Gasteiger partial charge in [-0.1, -0.05) is 24.1 Å². The predicted octanol–water partition coefficient (Wildman–Crippen LogP) is 3.95. The lowest BCUT2D eigenvalue weighted by Crippen LogP contribution is -1.96. The standard InChI is InChI=1S/C14H18S/c1-5-7-13(4)15-10-14-11(2)8-6-9-12(14)3/h6,8-9,13H,10H2,1-4H3. The lowest BCUT2D eigenvalue weighted by Gasteiger charge is -2.10. The summed E-state index contributed by atoms with van der Waals surface area (Å²) in [4.78, 5) is 0. The third kappa shape index (κ3) is 3.64. The Bertz CT molecular complexity index is 362. The van der Waals surface area contributed by atoms with Crippen LogP contribution in [-0.2, 0) is 5.75 Å². The number of hydrogen-bond acceptors (Lipinski definition) is 1. The van der Waals surface area contributed by atoms with Gasteiger partial charge in [0.05, 0.1) is 5.25 Å². The van der Waals surface area contributed by atoms with Crippen molar-refractivity contribution in [2.24, 2.45) is 0 Å². The zero-order valence-corrected chi connectivity index (χ0v) is 10.7. The fourth-order valence-electron chi connectivity index (χ4n) is 1.53. The van der Waals surface area contributed by atoms with E-state index in [-0.39, 0.29) is 0 Å². The highest BCUT2D eigenvalue weighted by molar-refractivity contribution is 7.99. The van der Waals surface area contributed by atoms with E-state index in [9.17, 15) is 0 Å². The van der Waals surface area contributed by atoms with E-state index in [1.807, 2.05) is 18.7 Å². The van der Waals surface area contributed by atoms with Gasteiger partial charge in [-0.3, -0.25) is 0 Å². The van der Waals surface area contributed by atoms with Crippen LogP contribution in [0.25, 0.3) is 0 Å². The minimum absolute atomic E-state index is 0.425. The lowest BCUT2D eigenvalue weighted by molar-refractivity contribution is 1.22. The predicted molar refractivity (Wildman–Crippen MR) is 70.1 cm³/mol. The largest absolute Gasteiger partial charge is 0.141 e. The maximum Gasteiger partial charge on any atom is 0.0632 e. The minimum atomic E-state index is 0.425. The van der Waals surface area contributed by atoms with Crippen molar-refractivity contribution in [3.8, 4) is 11.8 Å². The van der Waals surface area contributed by atoms with Crippen molar-refractivity contribution in [3.05, 3.63) is 34.9 Å². The molecule has 1 unspecified atom stereocenters. The summed E-state index contributed by atoms with van der Waals surface area (Å²) in [6.45, 7) is 8.42. The summed E-state index contributed by atoms with van der Waals surface area (Å²) in [7, 11) is 0. The first-order valence-electron chi connectivity index (χ1n) is 5.24. The van der Waals surface area contributed by atoms with E-state index in [1.165, 1.54) is 16.7 Å². The first-order chi connectivity index (χ1) is 7.15. The van der Waals surface area contributed by atoms with Crippen LogP contribution in [0, 0.1) is 25.7 Å². The quantitative estimate of drug-likeness (QED) is 0.692. The van der Waals surface area contributed by atoms with Crippen molar-refractivity contribution in [1.82, 2.24) is 0 Å². The number of aryl methyl sites for hydroxylation is 2. The molecule has 0 aliphatic heterocycles. The number of hydrogen-bond donors (Lipinski definition) is 0. The van der Waals surface area contributed by atoms with Gasteiger partial charge in [0.2, 0.25) is 0 Å². The summed E-state index contributed by atoms with van der Waals surface area (Å²) in [6.07, 6.45) is 0. The minimum Gasteiger partial charge on any atom is -0.141 e. The number of thioether (sulfide) groups is 1. The van der Waals surface area contributed by atoms with Gasteiger partial charge in [0.15, 0.2) is 0 Å². The summed E-state index contributed by atoms with van der Waals surface area (Å²) >= 11 is 1.91. The van der Waals surface area contributed by atoms with Gasteiger partial charge < -0.3 is 0 Å². The van der Waals surface area contributed by atoms with Crippen LogP contribution in [0.3, 0.4) is 0 Å². The molecule has 0 radical (unpaired) electrons. The Kier molecular flexibility index (Phi) is 4.78. The van der Waals surface area contributed by atoms with Crippen molar-refractivity contribution in [2.75, 3.05) is 0 Å². The van der Waals surface area contributed by atoms with Crippen molar-refractivity contribution in [3.63, 3.8) is 0 Å². The smallest absolute Gasteiger partial charge is 0.0632 e. The van der Waals surface area contributed by atoms with E-state index in [1.54, 1.807) is 0 Å². The lowest BCUT2D eigenvalue weighted by atomic mass is 10.1. The van der Waals surface area contributed by atoms with Gasteiger partial charge in [-0.25, -0.2) is 0 Å². The summed E-state index contributed by atoms with van der Waals surface area (Å²) in [6, 6.07) is 6.48. The normalized spacial score (nSPS) is 11.7. The Morgan fingerprint density at radius 3 is 2.40 bits per heavy atom. The van der Waals surface area contributed by atoms with E-state index in [4.69, 9.17) is 0 Å². The molecule has 0 nitrogen and oxygen atoms in total. The Labute approximate surface area is 97.5 Å². The molecule has 1 aromatic rings. The fraction of sp³-hybridized carbons (Fsp3) is 0.429. The van der Waals surface area contributed by atoms with Gasteiger partial charge in [0, 0.05) is 5.75 Å². The summed E-state index contributed by atoms with van der Waals surface area (Å²) in [5, 5.41) is 0.425. The molecule has 1 atom stereocenters. The molecule has 0 saturated heterocycles. The summed E-state index contributed by atoms with van der Waals surface area (Å²) in [5.74, 6) is 7.19. The maximum atomic E-state index is 3.17. The molecule has 0 fully saturated rings. The van der Waals surface area contributed by atoms with Crippen LogP contribution >= 0.6 is 11.8 Å². The van der Waals surface area contributed by atoms with E-state index < -0.39 is 0 Å². The van der Waals surface area contributed by atoms with Crippen molar-refractivity contribution in [2.45, 2.75) is 38.7 Å². The Balaban J connectivity index is 2.67. The summed E-state index contributed by atoms with van der Waals surface area (Å²) in [5.41, 5.74) is 4.24. The van der Waals surface area contributed by atoms with E-state index in [0.717, 1.165) is 5.75 Å². The zero-order chi connectivity index (χ0) is 11.3. The van der Waals surface area contributed by atoms with E-state index >= 15 is 0 Å². The monoisotopic (exact) mass is 218 g/mol. The molecule has 0 aliphatic rings. The Hall–Kier alpha value is -0.870. The van der Waals surface area contributed by atoms with Gasteiger partial charge in [-0.15, -0.1) is 17.7 Å². The van der Waals surface area contributed by atoms with Crippen LogP contribution in [0.2, 0.25) is 0 Å².